The van der Waals surface area contributed by atoms with Crippen molar-refractivity contribution in [2.75, 3.05) is 18.4 Å². The number of likely N-dealkylation sites (tertiary alicyclic amines) is 1. The molecule has 0 aromatic carbocycles. The van der Waals surface area contributed by atoms with Crippen molar-refractivity contribution in [2.24, 2.45) is 0 Å². The Kier molecular flexibility index (Phi) is 4.80. The lowest BCUT2D eigenvalue weighted by atomic mass is 10.1. The molecule has 104 valence electrons. The fraction of sp³-hybridized carbons (Fsp3) is 0.571. The number of anilines is 1. The van der Waals surface area contributed by atoms with Crippen LogP contribution in [0, 0.1) is 6.92 Å². The fourth-order valence-electron chi connectivity index (χ4n) is 2.29. The molecular weight excluding hydrogens is 306 g/mol. The number of nitrogens with one attached hydrogen (secondary N) is 1. The maximum absolute atomic E-state index is 12.3. The number of carbonyl (C=O) groups is 1. The van der Waals surface area contributed by atoms with Crippen molar-refractivity contribution in [2.45, 2.75) is 39.2 Å². The highest BCUT2D eigenvalue weighted by atomic mass is 79.9. The Morgan fingerprint density at radius 2 is 2.11 bits per heavy atom. The molecule has 1 amide bonds. The van der Waals surface area contributed by atoms with Crippen molar-refractivity contribution in [1.82, 2.24) is 9.88 Å². The van der Waals surface area contributed by atoms with Gasteiger partial charge in [0.15, 0.2) is 0 Å². The fourth-order valence-corrected chi connectivity index (χ4v) is 2.87. The van der Waals surface area contributed by atoms with Crippen LogP contribution in [-0.2, 0) is 4.79 Å². The van der Waals surface area contributed by atoms with Gasteiger partial charge in [0.05, 0.1) is 4.47 Å². The third kappa shape index (κ3) is 3.69. The number of hydrogen-bond acceptors (Lipinski definition) is 3. The summed E-state index contributed by atoms with van der Waals surface area (Å²) >= 11 is 3.47. The first-order valence-electron chi connectivity index (χ1n) is 6.75. The van der Waals surface area contributed by atoms with Gasteiger partial charge >= 0.3 is 0 Å². The Morgan fingerprint density at radius 3 is 2.74 bits per heavy atom. The molecule has 19 heavy (non-hydrogen) atoms. The predicted molar refractivity (Wildman–Crippen MR) is 80.2 cm³/mol. The minimum atomic E-state index is -0.246. The lowest BCUT2D eigenvalue weighted by Crippen LogP contribution is -2.44. The van der Waals surface area contributed by atoms with Gasteiger partial charge < -0.3 is 10.2 Å². The van der Waals surface area contributed by atoms with Crippen LogP contribution in [-0.4, -0.2) is 34.9 Å². The Bertz CT molecular complexity index is 458. The van der Waals surface area contributed by atoms with E-state index >= 15 is 0 Å². The van der Waals surface area contributed by atoms with E-state index in [1.165, 1.54) is 6.42 Å². The minimum Gasteiger partial charge on any atom is -0.358 e. The Labute approximate surface area is 122 Å². The number of carbonyl (C=O) groups excluding carboxylic acids is 1. The summed E-state index contributed by atoms with van der Waals surface area (Å²) in [5, 5.41) is 3.19. The van der Waals surface area contributed by atoms with Crippen LogP contribution in [0.5, 0.6) is 0 Å². The lowest BCUT2D eigenvalue weighted by molar-refractivity contribution is -0.132. The summed E-state index contributed by atoms with van der Waals surface area (Å²) in [5.74, 6) is 0.887. The molecular formula is C14H20BrN3O. The number of amides is 1. The molecule has 1 aliphatic heterocycles. The van der Waals surface area contributed by atoms with E-state index in [0.29, 0.717) is 0 Å². The van der Waals surface area contributed by atoms with E-state index in [1.807, 2.05) is 24.8 Å². The van der Waals surface area contributed by atoms with E-state index in [2.05, 4.69) is 26.2 Å². The van der Waals surface area contributed by atoms with E-state index in [-0.39, 0.29) is 11.9 Å². The van der Waals surface area contributed by atoms with Crippen LogP contribution in [0.25, 0.3) is 0 Å². The third-order valence-corrected chi connectivity index (χ3v) is 3.97. The summed E-state index contributed by atoms with van der Waals surface area (Å²) in [6, 6.07) is 1.75. The van der Waals surface area contributed by atoms with Gasteiger partial charge in [-0.2, -0.15) is 0 Å². The highest BCUT2D eigenvalue weighted by Crippen LogP contribution is 2.21. The third-order valence-electron chi connectivity index (χ3n) is 3.37. The van der Waals surface area contributed by atoms with Crippen LogP contribution in [0.4, 0.5) is 5.82 Å². The summed E-state index contributed by atoms with van der Waals surface area (Å²) in [7, 11) is 0. The number of nitrogens with zero attached hydrogens (tertiary/aromatic N) is 2. The molecule has 0 saturated carbocycles. The van der Waals surface area contributed by atoms with Crippen LogP contribution in [0.1, 0.15) is 31.7 Å². The van der Waals surface area contributed by atoms with Crippen molar-refractivity contribution < 1.29 is 4.79 Å². The molecule has 0 radical (unpaired) electrons. The molecule has 1 atom stereocenters. The smallest absolute Gasteiger partial charge is 0.244 e. The van der Waals surface area contributed by atoms with Crippen LogP contribution in [0.2, 0.25) is 0 Å². The van der Waals surface area contributed by atoms with Crippen LogP contribution in [0.3, 0.4) is 0 Å². The number of rotatable bonds is 3. The Morgan fingerprint density at radius 1 is 1.42 bits per heavy atom. The molecule has 1 N–H and O–H groups in total. The van der Waals surface area contributed by atoms with Crippen LogP contribution >= 0.6 is 15.9 Å². The zero-order chi connectivity index (χ0) is 13.8. The summed E-state index contributed by atoms with van der Waals surface area (Å²) in [4.78, 5) is 18.6. The number of piperidine rings is 1. The number of aryl methyl sites for hydroxylation is 1. The molecule has 1 aliphatic rings. The Balaban J connectivity index is 1.99. The molecule has 1 aromatic rings. The van der Waals surface area contributed by atoms with Crippen molar-refractivity contribution in [3.05, 3.63) is 22.3 Å². The molecule has 1 fully saturated rings. The molecule has 0 aliphatic carbocycles. The van der Waals surface area contributed by atoms with Gasteiger partial charge in [0.2, 0.25) is 5.91 Å². The normalized spacial score (nSPS) is 17.1. The number of hydrogen-bond donors (Lipinski definition) is 1. The first kappa shape index (κ1) is 14.3. The summed E-state index contributed by atoms with van der Waals surface area (Å²) in [5.41, 5.74) is 1.09. The van der Waals surface area contributed by atoms with Gasteiger partial charge in [0.1, 0.15) is 11.9 Å². The standard InChI is InChI=1S/C14H20BrN3O/c1-10-8-12(15)13(16-9-10)17-11(2)14(19)18-6-4-3-5-7-18/h8-9,11H,3-7H2,1-2H3,(H,16,17). The number of pyridine rings is 1. The molecule has 4 nitrogen and oxygen atoms in total. The maximum atomic E-state index is 12.3. The van der Waals surface area contributed by atoms with Gasteiger partial charge in [-0.25, -0.2) is 4.98 Å². The molecule has 2 heterocycles. The monoisotopic (exact) mass is 325 g/mol. The highest BCUT2D eigenvalue weighted by molar-refractivity contribution is 9.10. The molecule has 1 unspecified atom stereocenters. The van der Waals surface area contributed by atoms with E-state index in [9.17, 15) is 4.79 Å². The average molecular weight is 326 g/mol. The summed E-state index contributed by atoms with van der Waals surface area (Å²) < 4.78 is 0.894. The average Bonchev–Trinajstić information content (AvgIpc) is 2.42. The molecule has 0 bridgehead atoms. The van der Waals surface area contributed by atoms with Crippen LogP contribution in [0.15, 0.2) is 16.7 Å². The number of aromatic nitrogens is 1. The zero-order valence-corrected chi connectivity index (χ0v) is 13.0. The number of halogens is 1. The summed E-state index contributed by atoms with van der Waals surface area (Å²) in [6.07, 6.45) is 5.26. The van der Waals surface area contributed by atoms with E-state index in [4.69, 9.17) is 0 Å². The molecule has 5 heteroatoms. The Hall–Kier alpha value is -1.10. The minimum absolute atomic E-state index is 0.161. The van der Waals surface area contributed by atoms with Crippen LogP contribution < -0.4 is 5.32 Å². The maximum Gasteiger partial charge on any atom is 0.244 e. The van der Waals surface area contributed by atoms with Gasteiger partial charge in [-0.15, -0.1) is 0 Å². The van der Waals surface area contributed by atoms with Crippen molar-refractivity contribution in [3.8, 4) is 0 Å². The van der Waals surface area contributed by atoms with Gasteiger partial charge in [-0.1, -0.05) is 0 Å². The van der Waals surface area contributed by atoms with Crippen molar-refractivity contribution in [3.63, 3.8) is 0 Å². The van der Waals surface area contributed by atoms with Gasteiger partial charge in [-0.3, -0.25) is 4.79 Å². The molecule has 0 spiro atoms. The van der Waals surface area contributed by atoms with E-state index in [1.54, 1.807) is 6.20 Å². The quantitative estimate of drug-likeness (QED) is 0.929. The topological polar surface area (TPSA) is 45.2 Å². The SMILES string of the molecule is Cc1cnc(NC(C)C(=O)N2CCCCC2)c(Br)c1. The molecule has 1 aromatic heterocycles. The second-order valence-corrected chi connectivity index (χ2v) is 5.95. The van der Waals surface area contributed by atoms with E-state index < -0.39 is 0 Å². The first-order chi connectivity index (χ1) is 9.08. The second-order valence-electron chi connectivity index (χ2n) is 5.10. The van der Waals surface area contributed by atoms with Gasteiger partial charge in [0, 0.05) is 19.3 Å². The molecule has 1 saturated heterocycles. The van der Waals surface area contributed by atoms with Crippen molar-refractivity contribution >= 4 is 27.7 Å². The van der Waals surface area contributed by atoms with Gasteiger partial charge in [0.25, 0.3) is 0 Å². The lowest BCUT2D eigenvalue weighted by Gasteiger charge is -2.29. The van der Waals surface area contributed by atoms with E-state index in [0.717, 1.165) is 41.8 Å². The highest BCUT2D eigenvalue weighted by Gasteiger charge is 2.22. The predicted octanol–water partition coefficient (Wildman–Crippen LogP) is 2.97. The van der Waals surface area contributed by atoms with Gasteiger partial charge in [-0.05, 0) is 60.7 Å². The zero-order valence-electron chi connectivity index (χ0n) is 11.4. The first-order valence-corrected chi connectivity index (χ1v) is 7.54. The second kappa shape index (κ2) is 6.37. The summed E-state index contributed by atoms with van der Waals surface area (Å²) in [6.45, 7) is 5.65. The van der Waals surface area contributed by atoms with Crippen molar-refractivity contribution in [1.29, 1.82) is 0 Å². The molecule has 2 rings (SSSR count). The largest absolute Gasteiger partial charge is 0.358 e.